The van der Waals surface area contributed by atoms with Crippen molar-refractivity contribution < 1.29 is 17.9 Å². The second-order valence-corrected chi connectivity index (χ2v) is 7.57. The van der Waals surface area contributed by atoms with Gasteiger partial charge < -0.3 is 9.64 Å². The molecule has 154 valence electrons. The molecule has 5 rings (SSSR count). The molecule has 1 saturated heterocycles. The van der Waals surface area contributed by atoms with Crippen molar-refractivity contribution in [2.75, 3.05) is 24.6 Å². The molecule has 0 bridgehead atoms. The molecule has 3 heterocycles. The average molecular weight is 412 g/mol. The molecule has 2 aromatic heterocycles. The standard InChI is InChI=1S/C22H19F3N4O/c23-22(24,25)18-13-19(28-20(27-18)17-7-3-4-10-26-17)29-11-12-30-21(14-29)9-8-15-5-1-2-6-16(15)21/h1-7,10,13H,8-9,11-12,14H2. The first-order valence-electron chi connectivity index (χ1n) is 9.80. The molecule has 1 aliphatic carbocycles. The van der Waals surface area contributed by atoms with Crippen LogP contribution in [0.3, 0.4) is 0 Å². The lowest BCUT2D eigenvalue weighted by Gasteiger charge is -2.41. The number of rotatable bonds is 2. The summed E-state index contributed by atoms with van der Waals surface area (Å²) in [5.41, 5.74) is 1.15. The summed E-state index contributed by atoms with van der Waals surface area (Å²) in [5.74, 6) is 0.206. The Bertz CT molecular complexity index is 1070. The van der Waals surface area contributed by atoms with E-state index in [-0.39, 0.29) is 11.6 Å². The number of benzene rings is 1. The summed E-state index contributed by atoms with van der Waals surface area (Å²) in [4.78, 5) is 14.2. The number of morpholine rings is 1. The zero-order valence-electron chi connectivity index (χ0n) is 16.1. The number of aromatic nitrogens is 3. The highest BCUT2D eigenvalue weighted by Crippen LogP contribution is 2.43. The maximum Gasteiger partial charge on any atom is 0.433 e. The Kier molecular flexibility index (Phi) is 4.47. The van der Waals surface area contributed by atoms with Crippen molar-refractivity contribution in [1.29, 1.82) is 0 Å². The van der Waals surface area contributed by atoms with Crippen LogP contribution in [0.1, 0.15) is 23.2 Å². The Morgan fingerprint density at radius 1 is 1.03 bits per heavy atom. The van der Waals surface area contributed by atoms with E-state index in [1.165, 1.54) is 11.8 Å². The third-order valence-corrected chi connectivity index (χ3v) is 5.71. The molecule has 0 saturated carbocycles. The molecular weight excluding hydrogens is 393 g/mol. The van der Waals surface area contributed by atoms with E-state index in [2.05, 4.69) is 21.0 Å². The van der Waals surface area contributed by atoms with Gasteiger partial charge in [0.15, 0.2) is 11.5 Å². The lowest BCUT2D eigenvalue weighted by atomic mass is 9.93. The molecule has 3 aromatic rings. The number of alkyl halides is 3. The first-order chi connectivity index (χ1) is 14.4. The van der Waals surface area contributed by atoms with E-state index in [1.807, 2.05) is 23.1 Å². The number of nitrogens with zero attached hydrogens (tertiary/aromatic N) is 4. The van der Waals surface area contributed by atoms with Crippen LogP contribution in [0.25, 0.3) is 11.5 Å². The summed E-state index contributed by atoms with van der Waals surface area (Å²) < 4.78 is 46.9. The van der Waals surface area contributed by atoms with Gasteiger partial charge in [0, 0.05) is 18.8 Å². The number of hydrogen-bond acceptors (Lipinski definition) is 5. The van der Waals surface area contributed by atoms with E-state index < -0.39 is 17.5 Å². The fraction of sp³-hybridized carbons (Fsp3) is 0.318. The van der Waals surface area contributed by atoms with Crippen LogP contribution < -0.4 is 4.90 Å². The van der Waals surface area contributed by atoms with Gasteiger partial charge >= 0.3 is 6.18 Å². The molecule has 1 unspecified atom stereocenters. The highest BCUT2D eigenvalue weighted by molar-refractivity contribution is 5.55. The first-order valence-corrected chi connectivity index (χ1v) is 9.80. The quantitative estimate of drug-likeness (QED) is 0.630. The minimum atomic E-state index is -4.58. The second-order valence-electron chi connectivity index (χ2n) is 7.57. The normalized spacial score (nSPS) is 21.1. The van der Waals surface area contributed by atoms with Crippen molar-refractivity contribution in [3.05, 3.63) is 71.5 Å². The number of anilines is 1. The van der Waals surface area contributed by atoms with Gasteiger partial charge in [-0.15, -0.1) is 0 Å². The average Bonchev–Trinajstić information content (AvgIpc) is 3.11. The number of ether oxygens (including phenoxy) is 1. The molecule has 1 spiro atoms. The van der Waals surface area contributed by atoms with E-state index in [0.29, 0.717) is 25.4 Å². The van der Waals surface area contributed by atoms with Crippen molar-refractivity contribution in [3.8, 4) is 11.5 Å². The zero-order chi connectivity index (χ0) is 20.8. The number of aryl methyl sites for hydroxylation is 1. The molecule has 30 heavy (non-hydrogen) atoms. The predicted molar refractivity (Wildman–Crippen MR) is 105 cm³/mol. The van der Waals surface area contributed by atoms with Gasteiger partial charge in [-0.2, -0.15) is 13.2 Å². The van der Waals surface area contributed by atoms with Gasteiger partial charge in [0.2, 0.25) is 0 Å². The van der Waals surface area contributed by atoms with Crippen LogP contribution in [-0.4, -0.2) is 34.6 Å². The van der Waals surface area contributed by atoms with Crippen LogP contribution in [0, 0.1) is 0 Å². The van der Waals surface area contributed by atoms with E-state index in [0.717, 1.165) is 24.5 Å². The van der Waals surface area contributed by atoms with Crippen LogP contribution in [-0.2, 0) is 22.9 Å². The first kappa shape index (κ1) is 19.0. The fourth-order valence-electron chi connectivity index (χ4n) is 4.30. The topological polar surface area (TPSA) is 51.1 Å². The molecule has 5 nitrogen and oxygen atoms in total. The molecule has 8 heteroatoms. The summed E-state index contributed by atoms with van der Waals surface area (Å²) in [6.07, 6.45) is -1.38. The maximum absolute atomic E-state index is 13.6. The number of pyridine rings is 1. The lowest BCUT2D eigenvalue weighted by Crippen LogP contribution is -2.49. The van der Waals surface area contributed by atoms with Gasteiger partial charge in [-0.1, -0.05) is 30.3 Å². The molecular formula is C22H19F3N4O. The minimum Gasteiger partial charge on any atom is -0.367 e. The van der Waals surface area contributed by atoms with Crippen LogP contribution >= 0.6 is 0 Å². The summed E-state index contributed by atoms with van der Waals surface area (Å²) in [6, 6.07) is 14.1. The third-order valence-electron chi connectivity index (χ3n) is 5.71. The highest BCUT2D eigenvalue weighted by Gasteiger charge is 2.44. The highest BCUT2D eigenvalue weighted by atomic mass is 19.4. The smallest absolute Gasteiger partial charge is 0.367 e. The van der Waals surface area contributed by atoms with Crippen LogP contribution in [0.2, 0.25) is 0 Å². The van der Waals surface area contributed by atoms with E-state index in [1.54, 1.807) is 18.2 Å². The van der Waals surface area contributed by atoms with Crippen molar-refractivity contribution in [1.82, 2.24) is 15.0 Å². The SMILES string of the molecule is FC(F)(F)c1cc(N2CCOC3(CCc4ccccc43)C2)nc(-c2ccccn2)n1. The molecule has 1 aromatic carbocycles. The molecule has 2 aliphatic rings. The summed E-state index contributed by atoms with van der Waals surface area (Å²) >= 11 is 0. The molecule has 1 atom stereocenters. The Labute approximate surface area is 171 Å². The van der Waals surface area contributed by atoms with Crippen LogP contribution in [0.4, 0.5) is 19.0 Å². The Hall–Kier alpha value is -3.00. The Morgan fingerprint density at radius 2 is 1.87 bits per heavy atom. The van der Waals surface area contributed by atoms with E-state index >= 15 is 0 Å². The zero-order valence-corrected chi connectivity index (χ0v) is 16.1. The molecule has 0 N–H and O–H groups in total. The Balaban J connectivity index is 1.55. The number of hydrogen-bond donors (Lipinski definition) is 0. The number of fused-ring (bicyclic) bond motifs is 2. The molecule has 1 fully saturated rings. The third kappa shape index (κ3) is 3.31. The van der Waals surface area contributed by atoms with Crippen molar-refractivity contribution in [2.45, 2.75) is 24.6 Å². The minimum absolute atomic E-state index is 0.0345. The maximum atomic E-state index is 13.6. The van der Waals surface area contributed by atoms with Crippen molar-refractivity contribution >= 4 is 5.82 Å². The number of halogens is 3. The largest absolute Gasteiger partial charge is 0.433 e. The summed E-state index contributed by atoms with van der Waals surface area (Å²) in [7, 11) is 0. The van der Waals surface area contributed by atoms with E-state index in [9.17, 15) is 13.2 Å². The van der Waals surface area contributed by atoms with Crippen LogP contribution in [0.15, 0.2) is 54.7 Å². The fourth-order valence-corrected chi connectivity index (χ4v) is 4.30. The van der Waals surface area contributed by atoms with Crippen molar-refractivity contribution in [3.63, 3.8) is 0 Å². The Morgan fingerprint density at radius 3 is 2.67 bits per heavy atom. The summed E-state index contributed by atoms with van der Waals surface area (Å²) in [5, 5.41) is 0. The van der Waals surface area contributed by atoms with E-state index in [4.69, 9.17) is 4.74 Å². The molecule has 0 amide bonds. The van der Waals surface area contributed by atoms with Crippen molar-refractivity contribution in [2.24, 2.45) is 0 Å². The lowest BCUT2D eigenvalue weighted by molar-refractivity contribution is -0.141. The predicted octanol–water partition coefficient (Wildman–Crippen LogP) is 4.24. The van der Waals surface area contributed by atoms with Gasteiger partial charge in [-0.05, 0) is 36.1 Å². The van der Waals surface area contributed by atoms with Gasteiger partial charge in [-0.25, -0.2) is 9.97 Å². The van der Waals surface area contributed by atoms with Gasteiger partial charge in [0.05, 0.1) is 13.2 Å². The molecule has 1 aliphatic heterocycles. The van der Waals surface area contributed by atoms with Gasteiger partial charge in [0.25, 0.3) is 0 Å². The molecule has 0 radical (unpaired) electrons. The van der Waals surface area contributed by atoms with Crippen LogP contribution in [0.5, 0.6) is 0 Å². The van der Waals surface area contributed by atoms with Gasteiger partial charge in [-0.3, -0.25) is 4.98 Å². The van der Waals surface area contributed by atoms with Gasteiger partial charge in [0.1, 0.15) is 17.1 Å². The summed E-state index contributed by atoms with van der Waals surface area (Å²) in [6.45, 7) is 1.32. The monoisotopic (exact) mass is 412 g/mol. The second kappa shape index (κ2) is 7.05.